The molecule has 0 aromatic heterocycles. The van der Waals surface area contributed by atoms with Gasteiger partial charge in [0.2, 0.25) is 0 Å². The van der Waals surface area contributed by atoms with Crippen LogP contribution in [0.5, 0.6) is 0 Å². The van der Waals surface area contributed by atoms with Crippen molar-refractivity contribution in [1.29, 1.82) is 0 Å². The Morgan fingerprint density at radius 3 is 2.80 bits per heavy atom. The molecule has 1 aromatic rings. The third kappa shape index (κ3) is 3.92. The summed E-state index contributed by atoms with van der Waals surface area (Å²) in [5, 5.41) is 0. The van der Waals surface area contributed by atoms with Gasteiger partial charge in [-0.25, -0.2) is 0 Å². The summed E-state index contributed by atoms with van der Waals surface area (Å²) < 4.78 is 0.969. The van der Waals surface area contributed by atoms with E-state index in [4.69, 9.17) is 0 Å². The summed E-state index contributed by atoms with van der Waals surface area (Å²) in [6, 6.07) is 8.27. The Kier molecular flexibility index (Phi) is 5.39. The molecule has 110 valence electrons. The van der Waals surface area contributed by atoms with Crippen LogP contribution in [0.15, 0.2) is 28.7 Å². The zero-order valence-electron chi connectivity index (χ0n) is 12.6. The fraction of sp³-hybridized carbons (Fsp3) is 0.588. The first-order valence-corrected chi connectivity index (χ1v) is 8.29. The highest BCUT2D eigenvalue weighted by Crippen LogP contribution is 2.27. The minimum Gasteiger partial charge on any atom is -0.300 e. The van der Waals surface area contributed by atoms with Crippen molar-refractivity contribution >= 4 is 21.7 Å². The highest BCUT2D eigenvalue weighted by molar-refractivity contribution is 9.10. The quantitative estimate of drug-likeness (QED) is 0.759. The maximum atomic E-state index is 12.3. The van der Waals surface area contributed by atoms with E-state index in [-0.39, 0.29) is 5.78 Å². The minimum atomic E-state index is 0.240. The van der Waals surface area contributed by atoms with E-state index in [9.17, 15) is 4.79 Å². The fourth-order valence-corrected chi connectivity index (χ4v) is 3.58. The van der Waals surface area contributed by atoms with Crippen molar-refractivity contribution in [2.45, 2.75) is 39.7 Å². The van der Waals surface area contributed by atoms with Crippen LogP contribution in [0.25, 0.3) is 0 Å². The number of ketones is 1. The molecule has 1 aliphatic heterocycles. The van der Waals surface area contributed by atoms with Crippen LogP contribution in [0.1, 0.15) is 44.0 Å². The van der Waals surface area contributed by atoms with E-state index in [1.54, 1.807) is 0 Å². The highest BCUT2D eigenvalue weighted by atomic mass is 79.9. The Bertz CT molecular complexity index is 474. The second kappa shape index (κ2) is 6.86. The Hall–Kier alpha value is -0.670. The highest BCUT2D eigenvalue weighted by Gasteiger charge is 2.28. The number of carbonyl (C=O) groups is 1. The topological polar surface area (TPSA) is 20.3 Å². The van der Waals surface area contributed by atoms with Crippen molar-refractivity contribution in [3.05, 3.63) is 34.3 Å². The van der Waals surface area contributed by atoms with E-state index < -0.39 is 0 Å². The summed E-state index contributed by atoms with van der Waals surface area (Å²) >= 11 is 3.42. The lowest BCUT2D eigenvalue weighted by molar-refractivity contribution is 0.0721. The van der Waals surface area contributed by atoms with Gasteiger partial charge in [-0.15, -0.1) is 0 Å². The molecule has 0 radical (unpaired) electrons. The van der Waals surface area contributed by atoms with Gasteiger partial charge in [0.25, 0.3) is 0 Å². The van der Waals surface area contributed by atoms with Gasteiger partial charge >= 0.3 is 0 Å². The van der Waals surface area contributed by atoms with E-state index in [0.717, 1.165) is 35.0 Å². The third-order valence-electron chi connectivity index (χ3n) is 4.49. The Morgan fingerprint density at radius 1 is 1.35 bits per heavy atom. The van der Waals surface area contributed by atoms with Gasteiger partial charge in [0.05, 0.1) is 0 Å². The molecule has 1 saturated heterocycles. The lowest BCUT2D eigenvalue weighted by Gasteiger charge is -2.41. The molecule has 3 heteroatoms. The number of piperidine rings is 1. The first kappa shape index (κ1) is 15.7. The summed E-state index contributed by atoms with van der Waals surface area (Å²) in [6.07, 6.45) is 1.91. The molecule has 0 amide bonds. The summed E-state index contributed by atoms with van der Waals surface area (Å²) in [5.41, 5.74) is 0.810. The van der Waals surface area contributed by atoms with Gasteiger partial charge in [0.15, 0.2) is 5.78 Å². The molecule has 1 fully saturated rings. The number of hydrogen-bond acceptors (Lipinski definition) is 2. The Balaban J connectivity index is 1.92. The molecular weight excluding hydrogens is 314 g/mol. The van der Waals surface area contributed by atoms with Gasteiger partial charge in [-0.1, -0.05) is 41.9 Å². The van der Waals surface area contributed by atoms with Crippen LogP contribution in [0.3, 0.4) is 0 Å². The third-order valence-corrected chi connectivity index (χ3v) is 4.99. The van der Waals surface area contributed by atoms with Crippen LogP contribution >= 0.6 is 15.9 Å². The molecule has 3 atom stereocenters. The first-order valence-electron chi connectivity index (χ1n) is 7.50. The standard InChI is InChI=1S/C17H24BrNO/c1-12-9-13(2)14(3)19(11-12)8-7-17(20)15-5-4-6-16(18)10-15/h4-6,10,12-14H,7-9,11H2,1-3H3. The number of hydrogen-bond donors (Lipinski definition) is 0. The van der Waals surface area contributed by atoms with Crippen molar-refractivity contribution in [3.63, 3.8) is 0 Å². The first-order chi connectivity index (χ1) is 9.47. The van der Waals surface area contributed by atoms with E-state index >= 15 is 0 Å². The Labute approximate surface area is 130 Å². The van der Waals surface area contributed by atoms with E-state index in [1.807, 2.05) is 24.3 Å². The molecule has 1 heterocycles. The Morgan fingerprint density at radius 2 is 2.10 bits per heavy atom. The number of rotatable bonds is 4. The number of carbonyl (C=O) groups excluding carboxylic acids is 1. The summed E-state index contributed by atoms with van der Waals surface area (Å²) in [5.74, 6) is 1.70. The SMILES string of the molecule is CC1CC(C)C(C)N(CCC(=O)c2cccc(Br)c2)C1. The molecule has 1 aromatic carbocycles. The normalized spacial score (nSPS) is 27.5. The zero-order valence-corrected chi connectivity index (χ0v) is 14.2. The molecular formula is C17H24BrNO. The molecule has 20 heavy (non-hydrogen) atoms. The lowest BCUT2D eigenvalue weighted by atomic mass is 9.86. The van der Waals surface area contributed by atoms with Crippen LogP contribution in [-0.2, 0) is 0 Å². The van der Waals surface area contributed by atoms with E-state index in [2.05, 4.69) is 41.6 Å². The second-order valence-corrected chi connectivity index (χ2v) is 7.15. The van der Waals surface area contributed by atoms with Crippen LogP contribution in [0, 0.1) is 11.8 Å². The minimum absolute atomic E-state index is 0.240. The summed E-state index contributed by atoms with van der Waals surface area (Å²) in [4.78, 5) is 14.7. The van der Waals surface area contributed by atoms with Crippen molar-refractivity contribution in [1.82, 2.24) is 4.90 Å². The molecule has 2 rings (SSSR count). The molecule has 0 saturated carbocycles. The number of Topliss-reactive ketones (excluding diaryl/α,β-unsaturated/α-hetero) is 1. The largest absolute Gasteiger partial charge is 0.300 e. The lowest BCUT2D eigenvalue weighted by Crippen LogP contribution is -2.46. The average Bonchev–Trinajstić information content (AvgIpc) is 2.40. The van der Waals surface area contributed by atoms with Gasteiger partial charge in [-0.05, 0) is 37.3 Å². The number of nitrogens with zero attached hydrogens (tertiary/aromatic N) is 1. The van der Waals surface area contributed by atoms with Gasteiger partial charge in [-0.2, -0.15) is 0 Å². The predicted octanol–water partition coefficient (Wildman–Crippen LogP) is 4.39. The molecule has 1 aliphatic rings. The predicted molar refractivity (Wildman–Crippen MR) is 87.1 cm³/mol. The van der Waals surface area contributed by atoms with Crippen LogP contribution < -0.4 is 0 Å². The zero-order chi connectivity index (χ0) is 14.7. The van der Waals surface area contributed by atoms with Crippen LogP contribution in [0.4, 0.5) is 0 Å². The number of likely N-dealkylation sites (tertiary alicyclic amines) is 1. The van der Waals surface area contributed by atoms with E-state index in [1.165, 1.54) is 6.42 Å². The second-order valence-electron chi connectivity index (χ2n) is 6.24. The molecule has 0 aliphatic carbocycles. The fourth-order valence-electron chi connectivity index (χ4n) is 3.18. The molecule has 0 N–H and O–H groups in total. The number of halogens is 1. The van der Waals surface area contributed by atoms with Crippen LogP contribution in [-0.4, -0.2) is 29.8 Å². The van der Waals surface area contributed by atoms with Crippen molar-refractivity contribution in [2.75, 3.05) is 13.1 Å². The maximum absolute atomic E-state index is 12.3. The summed E-state index contributed by atoms with van der Waals surface area (Å²) in [6.45, 7) is 8.92. The molecule has 0 spiro atoms. The van der Waals surface area contributed by atoms with Gasteiger partial charge in [-0.3, -0.25) is 9.69 Å². The molecule has 3 unspecified atom stereocenters. The van der Waals surface area contributed by atoms with Gasteiger partial charge in [0.1, 0.15) is 0 Å². The number of benzene rings is 1. The van der Waals surface area contributed by atoms with Crippen molar-refractivity contribution < 1.29 is 4.79 Å². The van der Waals surface area contributed by atoms with E-state index in [0.29, 0.717) is 12.5 Å². The summed E-state index contributed by atoms with van der Waals surface area (Å²) in [7, 11) is 0. The van der Waals surface area contributed by atoms with Gasteiger partial charge < -0.3 is 0 Å². The van der Waals surface area contributed by atoms with Gasteiger partial charge in [0, 0.05) is 35.6 Å². The maximum Gasteiger partial charge on any atom is 0.164 e. The molecule has 2 nitrogen and oxygen atoms in total. The average molecular weight is 338 g/mol. The monoisotopic (exact) mass is 337 g/mol. The van der Waals surface area contributed by atoms with Crippen molar-refractivity contribution in [3.8, 4) is 0 Å². The van der Waals surface area contributed by atoms with Crippen molar-refractivity contribution in [2.24, 2.45) is 11.8 Å². The smallest absolute Gasteiger partial charge is 0.164 e. The van der Waals surface area contributed by atoms with Crippen LogP contribution in [0.2, 0.25) is 0 Å². The molecule has 0 bridgehead atoms.